The van der Waals surface area contributed by atoms with E-state index in [1.54, 1.807) is 0 Å². The van der Waals surface area contributed by atoms with Gasteiger partial charge in [0.05, 0.1) is 5.75 Å². The summed E-state index contributed by atoms with van der Waals surface area (Å²) < 4.78 is 27.1. The highest BCUT2D eigenvalue weighted by molar-refractivity contribution is 7.89. The normalized spacial score (nSPS) is 13.9. The first kappa shape index (κ1) is 17.1. The van der Waals surface area contributed by atoms with Crippen LogP contribution in [0, 0.1) is 5.92 Å². The number of rotatable bonds is 8. The van der Waals surface area contributed by atoms with Gasteiger partial charge in [-0.1, -0.05) is 44.2 Å². The van der Waals surface area contributed by atoms with Crippen LogP contribution in [0.5, 0.6) is 0 Å². The monoisotopic (exact) mass is 298 g/mol. The first-order valence-corrected chi connectivity index (χ1v) is 8.65. The number of sulfonamides is 1. The van der Waals surface area contributed by atoms with Gasteiger partial charge in [0.2, 0.25) is 10.0 Å². The lowest BCUT2D eigenvalue weighted by Gasteiger charge is -2.21. The maximum absolute atomic E-state index is 12.1. The molecule has 0 heterocycles. The first-order valence-electron chi connectivity index (χ1n) is 7.00. The van der Waals surface area contributed by atoms with Gasteiger partial charge in [0.1, 0.15) is 0 Å². The van der Waals surface area contributed by atoms with E-state index < -0.39 is 10.0 Å². The molecule has 0 saturated carbocycles. The summed E-state index contributed by atoms with van der Waals surface area (Å²) >= 11 is 0. The van der Waals surface area contributed by atoms with E-state index >= 15 is 0 Å². The lowest BCUT2D eigenvalue weighted by atomic mass is 10.0. The molecule has 0 aliphatic heterocycles. The molecule has 0 bridgehead atoms. The highest BCUT2D eigenvalue weighted by Crippen LogP contribution is 2.18. The lowest BCUT2D eigenvalue weighted by molar-refractivity contribution is 0.374. The Bertz CT molecular complexity index is 484. The van der Waals surface area contributed by atoms with Gasteiger partial charge in [0, 0.05) is 6.04 Å². The van der Waals surface area contributed by atoms with Crippen LogP contribution in [0.15, 0.2) is 30.3 Å². The third-order valence-electron chi connectivity index (χ3n) is 2.94. The van der Waals surface area contributed by atoms with Gasteiger partial charge in [-0.05, 0) is 38.5 Å². The lowest BCUT2D eigenvalue weighted by Crippen LogP contribution is -2.33. The first-order chi connectivity index (χ1) is 9.30. The molecule has 0 aliphatic rings. The van der Waals surface area contributed by atoms with Crippen molar-refractivity contribution >= 4 is 10.0 Å². The molecule has 1 atom stereocenters. The summed E-state index contributed by atoms with van der Waals surface area (Å²) in [5, 5.41) is 0. The highest BCUT2D eigenvalue weighted by Gasteiger charge is 2.20. The quantitative estimate of drug-likeness (QED) is 0.801. The van der Waals surface area contributed by atoms with Gasteiger partial charge in [-0.15, -0.1) is 0 Å². The van der Waals surface area contributed by atoms with Crippen molar-refractivity contribution in [1.82, 2.24) is 9.62 Å². The van der Waals surface area contributed by atoms with Gasteiger partial charge in [-0.25, -0.2) is 13.1 Å². The fourth-order valence-corrected chi connectivity index (χ4v) is 3.73. The summed E-state index contributed by atoms with van der Waals surface area (Å²) in [4.78, 5) is 2.06. The van der Waals surface area contributed by atoms with Crippen LogP contribution in [0.25, 0.3) is 0 Å². The molecule has 0 radical (unpaired) electrons. The molecule has 4 nitrogen and oxygen atoms in total. The zero-order valence-corrected chi connectivity index (χ0v) is 13.7. The Kier molecular flexibility index (Phi) is 6.65. The van der Waals surface area contributed by atoms with Gasteiger partial charge in [0.25, 0.3) is 0 Å². The molecule has 1 rings (SSSR count). The van der Waals surface area contributed by atoms with E-state index in [-0.39, 0.29) is 17.7 Å². The molecule has 114 valence electrons. The number of nitrogens with one attached hydrogen (secondary N) is 1. The predicted molar refractivity (Wildman–Crippen MR) is 84.1 cm³/mol. The molecule has 0 amide bonds. The van der Waals surface area contributed by atoms with Crippen LogP contribution in [0.4, 0.5) is 0 Å². The highest BCUT2D eigenvalue weighted by atomic mass is 32.2. The summed E-state index contributed by atoms with van der Waals surface area (Å²) in [6.45, 7) is 4.66. The predicted octanol–water partition coefficient (Wildman–Crippen LogP) is 2.25. The van der Waals surface area contributed by atoms with Crippen molar-refractivity contribution in [3.63, 3.8) is 0 Å². The van der Waals surface area contributed by atoms with Gasteiger partial charge in [0.15, 0.2) is 0 Å². The Balaban J connectivity index is 2.83. The number of benzene rings is 1. The van der Waals surface area contributed by atoms with Crippen LogP contribution < -0.4 is 4.72 Å². The molecule has 0 aliphatic carbocycles. The van der Waals surface area contributed by atoms with Crippen molar-refractivity contribution in [2.45, 2.75) is 26.3 Å². The molecule has 0 saturated heterocycles. The smallest absolute Gasteiger partial charge is 0.212 e. The molecular weight excluding hydrogens is 272 g/mol. The van der Waals surface area contributed by atoms with E-state index in [0.29, 0.717) is 0 Å². The second-order valence-corrected chi connectivity index (χ2v) is 7.65. The molecule has 0 fully saturated rings. The minimum Gasteiger partial charge on any atom is -0.309 e. The maximum Gasteiger partial charge on any atom is 0.212 e. The molecule has 0 unspecified atom stereocenters. The largest absolute Gasteiger partial charge is 0.309 e. The molecule has 1 aromatic rings. The molecule has 5 heteroatoms. The fourth-order valence-electron chi connectivity index (χ4n) is 2.07. The molecule has 1 N–H and O–H groups in total. The minimum atomic E-state index is -3.24. The van der Waals surface area contributed by atoms with E-state index in [4.69, 9.17) is 0 Å². The molecule has 1 aromatic carbocycles. The number of hydrogen-bond donors (Lipinski definition) is 1. The van der Waals surface area contributed by atoms with Crippen molar-refractivity contribution in [3.05, 3.63) is 35.9 Å². The minimum absolute atomic E-state index is 0.123. The van der Waals surface area contributed by atoms with Crippen LogP contribution in [-0.2, 0) is 10.0 Å². The van der Waals surface area contributed by atoms with Crippen molar-refractivity contribution in [2.75, 3.05) is 26.4 Å². The zero-order valence-electron chi connectivity index (χ0n) is 12.8. The van der Waals surface area contributed by atoms with Crippen molar-refractivity contribution in [1.29, 1.82) is 0 Å². The third-order valence-corrected chi connectivity index (χ3v) is 4.69. The van der Waals surface area contributed by atoms with Crippen LogP contribution in [-0.4, -0.2) is 39.7 Å². The standard InChI is InChI=1S/C15H26N2O2S/c1-13(2)12-20(18,19)16-15(10-11-17(3)4)14-8-6-5-7-9-14/h5-9,13,15-16H,10-12H2,1-4H3/t15-/m0/s1. The van der Waals surface area contributed by atoms with Crippen molar-refractivity contribution in [3.8, 4) is 0 Å². The van der Waals surface area contributed by atoms with Crippen LogP contribution in [0.2, 0.25) is 0 Å². The van der Waals surface area contributed by atoms with Gasteiger partial charge >= 0.3 is 0 Å². The Morgan fingerprint density at radius 1 is 1.15 bits per heavy atom. The van der Waals surface area contributed by atoms with E-state index in [9.17, 15) is 8.42 Å². The SMILES string of the molecule is CC(C)CS(=O)(=O)N[C@@H](CCN(C)C)c1ccccc1. The number of nitrogens with zero attached hydrogens (tertiary/aromatic N) is 1. The summed E-state index contributed by atoms with van der Waals surface area (Å²) in [6, 6.07) is 9.59. The maximum atomic E-state index is 12.1. The topological polar surface area (TPSA) is 49.4 Å². The Morgan fingerprint density at radius 3 is 2.25 bits per heavy atom. The van der Waals surface area contributed by atoms with E-state index in [2.05, 4.69) is 9.62 Å². The average Bonchev–Trinajstić information content (AvgIpc) is 2.33. The molecular formula is C15H26N2O2S. The summed E-state index contributed by atoms with van der Waals surface area (Å²) in [7, 11) is 0.737. The molecule has 0 spiro atoms. The van der Waals surface area contributed by atoms with E-state index in [1.165, 1.54) is 0 Å². The van der Waals surface area contributed by atoms with E-state index in [1.807, 2.05) is 58.3 Å². The van der Waals surface area contributed by atoms with Gasteiger partial charge in [-0.2, -0.15) is 0 Å². The Labute approximate surface area is 123 Å². The fraction of sp³-hybridized carbons (Fsp3) is 0.600. The molecule has 20 heavy (non-hydrogen) atoms. The summed E-state index contributed by atoms with van der Waals surface area (Å²) in [5.74, 6) is 0.288. The summed E-state index contributed by atoms with van der Waals surface area (Å²) in [5.41, 5.74) is 1.02. The summed E-state index contributed by atoms with van der Waals surface area (Å²) in [6.07, 6.45) is 0.758. The van der Waals surface area contributed by atoms with Gasteiger partial charge < -0.3 is 4.90 Å². The molecule has 0 aromatic heterocycles. The van der Waals surface area contributed by atoms with Crippen LogP contribution >= 0.6 is 0 Å². The second kappa shape index (κ2) is 7.76. The Hall–Kier alpha value is -0.910. The average molecular weight is 298 g/mol. The van der Waals surface area contributed by atoms with Crippen LogP contribution in [0.3, 0.4) is 0 Å². The van der Waals surface area contributed by atoms with E-state index in [0.717, 1.165) is 18.5 Å². The van der Waals surface area contributed by atoms with Crippen molar-refractivity contribution in [2.24, 2.45) is 5.92 Å². The Morgan fingerprint density at radius 2 is 1.75 bits per heavy atom. The van der Waals surface area contributed by atoms with Crippen LogP contribution in [0.1, 0.15) is 31.9 Å². The van der Waals surface area contributed by atoms with Crippen molar-refractivity contribution < 1.29 is 8.42 Å². The third kappa shape index (κ3) is 6.50. The zero-order chi connectivity index (χ0) is 15.2. The number of hydrogen-bond acceptors (Lipinski definition) is 3. The second-order valence-electron chi connectivity index (χ2n) is 5.85. The van der Waals surface area contributed by atoms with Gasteiger partial charge in [-0.3, -0.25) is 0 Å².